The highest BCUT2D eigenvalue weighted by Crippen LogP contribution is 2.40. The van der Waals surface area contributed by atoms with Gasteiger partial charge in [0.1, 0.15) is 12.2 Å². The first kappa shape index (κ1) is 22.2. The normalized spacial score (nSPS) is 12.0. The van der Waals surface area contributed by atoms with Crippen molar-refractivity contribution in [2.75, 3.05) is 33.9 Å². The molecule has 2 aromatic rings. The Morgan fingerprint density at radius 2 is 1.96 bits per heavy atom. The summed E-state index contributed by atoms with van der Waals surface area (Å²) in [7, 11) is 3.30. The fourth-order valence-corrected chi connectivity index (χ4v) is 2.80. The number of hydrogen-bond donors (Lipinski definition) is 1. The molecule has 0 bridgehead atoms. The third-order valence-electron chi connectivity index (χ3n) is 4.22. The van der Waals surface area contributed by atoms with E-state index in [1.54, 1.807) is 6.20 Å². The molecule has 1 N–H and O–H groups in total. The van der Waals surface area contributed by atoms with Gasteiger partial charge in [0.15, 0.2) is 11.6 Å². The molecule has 0 radical (unpaired) electrons. The van der Waals surface area contributed by atoms with Gasteiger partial charge in [0.25, 0.3) is 0 Å². The van der Waals surface area contributed by atoms with Crippen LogP contribution >= 0.6 is 0 Å². The second-order valence-corrected chi connectivity index (χ2v) is 6.54. The van der Waals surface area contributed by atoms with Crippen LogP contribution in [0.5, 0.6) is 5.75 Å². The Kier molecular flexibility index (Phi) is 7.82. The van der Waals surface area contributed by atoms with Gasteiger partial charge in [0.2, 0.25) is 0 Å². The van der Waals surface area contributed by atoms with Gasteiger partial charge in [-0.1, -0.05) is 13.3 Å². The number of unbranched alkanes of at least 4 members (excludes halogenated alkanes) is 1. The lowest BCUT2D eigenvalue weighted by Gasteiger charge is -2.18. The Morgan fingerprint density at radius 1 is 1.21 bits per heavy atom. The average molecular weight is 403 g/mol. The smallest absolute Gasteiger partial charge is 0.420 e. The van der Waals surface area contributed by atoms with Gasteiger partial charge >= 0.3 is 6.18 Å². The van der Waals surface area contributed by atoms with Crippen LogP contribution in [0.1, 0.15) is 30.9 Å². The van der Waals surface area contributed by atoms with E-state index in [4.69, 9.17) is 9.47 Å². The number of aromatic nitrogens is 2. The molecule has 0 unspecified atom stereocenters. The number of halogens is 4. The highest BCUT2D eigenvalue weighted by molar-refractivity contribution is 5.65. The first-order chi connectivity index (χ1) is 13.3. The Hall–Kier alpha value is -2.13. The maximum Gasteiger partial charge on any atom is 0.420 e. The first-order valence-corrected chi connectivity index (χ1v) is 9.01. The van der Waals surface area contributed by atoms with Gasteiger partial charge in [-0.15, -0.1) is 0 Å². The van der Waals surface area contributed by atoms with Crippen molar-refractivity contribution >= 4 is 0 Å². The summed E-state index contributed by atoms with van der Waals surface area (Å²) in [5.74, 6) is -1.91. The van der Waals surface area contributed by atoms with E-state index in [2.05, 4.69) is 17.1 Å². The number of hydrogen-bond acceptors (Lipinski definition) is 4. The zero-order chi connectivity index (χ0) is 20.7. The fraction of sp³-hybridized carbons (Fsp3) is 0.526. The van der Waals surface area contributed by atoms with Crippen LogP contribution in [0, 0.1) is 5.82 Å². The summed E-state index contributed by atoms with van der Waals surface area (Å²) < 4.78 is 64.7. The monoisotopic (exact) mass is 403 g/mol. The first-order valence-electron chi connectivity index (χ1n) is 9.01. The molecule has 0 aliphatic carbocycles. The molecule has 0 saturated heterocycles. The minimum atomic E-state index is -4.77. The summed E-state index contributed by atoms with van der Waals surface area (Å²) in [5.41, 5.74) is -0.0471. The van der Waals surface area contributed by atoms with Crippen LogP contribution in [0.2, 0.25) is 0 Å². The quantitative estimate of drug-likeness (QED) is 0.469. The van der Waals surface area contributed by atoms with Gasteiger partial charge in [-0.05, 0) is 32.1 Å². The molecule has 0 aliphatic rings. The lowest BCUT2D eigenvalue weighted by atomic mass is 10.0. The summed E-state index contributed by atoms with van der Waals surface area (Å²) in [6, 6.07) is 1.91. The van der Waals surface area contributed by atoms with E-state index < -0.39 is 23.3 Å². The van der Waals surface area contributed by atoms with Gasteiger partial charge in [-0.25, -0.2) is 4.39 Å². The average Bonchev–Trinajstić information content (AvgIpc) is 3.08. The summed E-state index contributed by atoms with van der Waals surface area (Å²) in [5, 5.41) is 6.62. The van der Waals surface area contributed by atoms with Crippen LogP contribution < -0.4 is 4.74 Å². The lowest BCUT2D eigenvalue weighted by molar-refractivity contribution is -0.139. The molecule has 2 rings (SSSR count). The van der Waals surface area contributed by atoms with Gasteiger partial charge in [-0.3, -0.25) is 5.10 Å². The maximum absolute atomic E-state index is 14.5. The largest absolute Gasteiger partial charge is 0.487 e. The zero-order valence-corrected chi connectivity index (χ0v) is 16.2. The molecule has 0 saturated carbocycles. The zero-order valence-electron chi connectivity index (χ0n) is 16.2. The summed E-state index contributed by atoms with van der Waals surface area (Å²) >= 11 is 0. The van der Waals surface area contributed by atoms with Crippen molar-refractivity contribution in [2.24, 2.45) is 0 Å². The van der Waals surface area contributed by atoms with Crippen LogP contribution in [0.25, 0.3) is 11.3 Å². The van der Waals surface area contributed by atoms with E-state index in [1.807, 2.05) is 11.9 Å². The van der Waals surface area contributed by atoms with E-state index in [0.717, 1.165) is 31.5 Å². The van der Waals surface area contributed by atoms with Crippen molar-refractivity contribution in [1.82, 2.24) is 15.1 Å². The lowest BCUT2D eigenvalue weighted by Crippen LogP contribution is -2.19. The van der Waals surface area contributed by atoms with E-state index in [9.17, 15) is 17.6 Å². The highest BCUT2D eigenvalue weighted by Gasteiger charge is 2.37. The van der Waals surface area contributed by atoms with Crippen LogP contribution in [0.15, 0.2) is 18.3 Å². The molecule has 0 fully saturated rings. The second-order valence-electron chi connectivity index (χ2n) is 6.54. The molecule has 9 heteroatoms. The van der Waals surface area contributed by atoms with Crippen molar-refractivity contribution in [3.05, 3.63) is 35.3 Å². The molecule has 0 aliphatic heterocycles. The summed E-state index contributed by atoms with van der Waals surface area (Å²) in [6.45, 7) is 3.27. The van der Waals surface area contributed by atoms with Gasteiger partial charge in [0, 0.05) is 24.8 Å². The summed E-state index contributed by atoms with van der Waals surface area (Å²) in [6.07, 6.45) is -1.18. The van der Waals surface area contributed by atoms with Gasteiger partial charge < -0.3 is 14.4 Å². The molecule has 0 spiro atoms. The van der Waals surface area contributed by atoms with Crippen molar-refractivity contribution in [3.8, 4) is 17.0 Å². The van der Waals surface area contributed by atoms with Crippen LogP contribution in [0.3, 0.4) is 0 Å². The molecule has 1 heterocycles. The van der Waals surface area contributed by atoms with E-state index >= 15 is 0 Å². The fourth-order valence-electron chi connectivity index (χ4n) is 2.80. The predicted octanol–water partition coefficient (Wildman–Crippen LogP) is 4.49. The van der Waals surface area contributed by atoms with Crippen LogP contribution in [-0.2, 0) is 17.5 Å². The van der Waals surface area contributed by atoms with Crippen molar-refractivity contribution in [1.29, 1.82) is 0 Å². The predicted molar refractivity (Wildman–Crippen MR) is 97.6 cm³/mol. The van der Waals surface area contributed by atoms with Crippen LogP contribution in [-0.4, -0.2) is 49.0 Å². The topological polar surface area (TPSA) is 50.4 Å². The number of ether oxygens (including phenoxy) is 2. The Labute approximate surface area is 161 Å². The van der Waals surface area contributed by atoms with Crippen molar-refractivity contribution < 1.29 is 27.0 Å². The van der Waals surface area contributed by atoms with Crippen LogP contribution in [0.4, 0.5) is 17.6 Å². The molecular formula is C19H25F4N3O2. The van der Waals surface area contributed by atoms with E-state index in [0.29, 0.717) is 17.8 Å². The number of nitrogens with one attached hydrogen (secondary N) is 1. The number of nitrogens with zero attached hydrogens (tertiary/aromatic N) is 2. The Bertz CT molecular complexity index is 762. The number of methoxy groups -OCH3 is 1. The van der Waals surface area contributed by atoms with E-state index in [1.165, 1.54) is 7.11 Å². The number of benzene rings is 1. The second kappa shape index (κ2) is 9.88. The van der Waals surface area contributed by atoms with E-state index in [-0.39, 0.29) is 18.8 Å². The number of H-pyrrole nitrogens is 1. The molecule has 1 aromatic carbocycles. The number of aromatic amines is 1. The molecule has 28 heavy (non-hydrogen) atoms. The number of alkyl halides is 3. The number of rotatable bonds is 10. The Morgan fingerprint density at radius 3 is 2.61 bits per heavy atom. The standard InChI is InChI=1S/C19H25F4N3O2/c1-4-5-6-26(2)12-14-11-24-25-17(14)13-9-15(19(21,22)23)18(16(20)10-13)28-8-7-27-3/h9-11H,4-8,12H2,1-3H3,(H,24,25). The molecule has 1 aromatic heterocycles. The van der Waals surface area contributed by atoms with Gasteiger partial charge in [0.05, 0.1) is 18.5 Å². The summed E-state index contributed by atoms with van der Waals surface area (Å²) in [4.78, 5) is 2.04. The molecule has 5 nitrogen and oxygen atoms in total. The minimum Gasteiger partial charge on any atom is -0.487 e. The third-order valence-corrected chi connectivity index (χ3v) is 4.22. The third kappa shape index (κ3) is 5.68. The van der Waals surface area contributed by atoms with Crippen molar-refractivity contribution in [2.45, 2.75) is 32.5 Å². The van der Waals surface area contributed by atoms with Gasteiger partial charge in [-0.2, -0.15) is 18.3 Å². The Balaban J connectivity index is 2.37. The minimum absolute atomic E-state index is 0.0489. The highest BCUT2D eigenvalue weighted by atomic mass is 19.4. The maximum atomic E-state index is 14.5. The SMILES string of the molecule is CCCCN(C)Cc1cn[nH]c1-c1cc(F)c(OCCOC)c(C(F)(F)F)c1. The molecule has 156 valence electrons. The molecule has 0 amide bonds. The molecule has 0 atom stereocenters. The molecular weight excluding hydrogens is 378 g/mol. The van der Waals surface area contributed by atoms with Crippen molar-refractivity contribution in [3.63, 3.8) is 0 Å².